The van der Waals surface area contributed by atoms with Crippen LogP contribution in [0.4, 0.5) is 0 Å². The summed E-state index contributed by atoms with van der Waals surface area (Å²) in [6, 6.07) is 0. The Kier molecular flexibility index (Phi) is 10.8. The van der Waals surface area contributed by atoms with E-state index in [1.165, 1.54) is 0 Å². The lowest BCUT2D eigenvalue weighted by molar-refractivity contribution is -0.0387. The highest BCUT2D eigenvalue weighted by Gasteiger charge is 2.42. The third-order valence-electron chi connectivity index (χ3n) is 4.35. The van der Waals surface area contributed by atoms with E-state index in [-0.39, 0.29) is 5.92 Å². The minimum Gasteiger partial charge on any atom is -0.303 e. The highest BCUT2D eigenvalue weighted by molar-refractivity contribution is 7.46. The molecule has 0 heterocycles. The van der Waals surface area contributed by atoms with Gasteiger partial charge in [-0.15, -0.1) is 0 Å². The molecule has 0 aromatic rings. The summed E-state index contributed by atoms with van der Waals surface area (Å²) in [5.41, 5.74) is -0.658. The quantitative estimate of drug-likeness (QED) is 0.444. The molecule has 128 valence electrons. The van der Waals surface area contributed by atoms with Crippen LogP contribution in [0.3, 0.4) is 0 Å². The van der Waals surface area contributed by atoms with Gasteiger partial charge in [-0.25, -0.2) is 4.57 Å². The zero-order valence-electron chi connectivity index (χ0n) is 14.3. The Hall–Kier alpha value is 0.110. The first kappa shape index (κ1) is 21.1. The van der Waals surface area contributed by atoms with Gasteiger partial charge in [-0.3, -0.25) is 4.52 Å². The van der Waals surface area contributed by atoms with E-state index in [9.17, 15) is 14.4 Å². The first-order valence-corrected chi connectivity index (χ1v) is 10.1. The van der Waals surface area contributed by atoms with Crippen molar-refractivity contribution in [2.24, 2.45) is 5.92 Å². The molecule has 0 radical (unpaired) electrons. The molecule has 0 aromatic heterocycles. The van der Waals surface area contributed by atoms with Crippen LogP contribution in [0.2, 0.25) is 0 Å². The number of phosphoric acid groups is 1. The van der Waals surface area contributed by atoms with Crippen molar-refractivity contribution in [2.75, 3.05) is 0 Å². The normalized spacial score (nSPS) is 14.4. The molecule has 0 spiro atoms. The maximum Gasteiger partial charge on any atom is 0.470 e. The van der Waals surface area contributed by atoms with E-state index in [1.54, 1.807) is 0 Å². The van der Waals surface area contributed by atoms with Gasteiger partial charge in [0.2, 0.25) is 0 Å². The molecular formula is C16H35O4P. The van der Waals surface area contributed by atoms with Gasteiger partial charge < -0.3 is 9.79 Å². The van der Waals surface area contributed by atoms with Crippen molar-refractivity contribution in [1.29, 1.82) is 0 Å². The van der Waals surface area contributed by atoms with Crippen molar-refractivity contribution in [2.45, 2.75) is 97.5 Å². The predicted molar refractivity (Wildman–Crippen MR) is 88.2 cm³/mol. The molecule has 2 N–H and O–H groups in total. The Morgan fingerprint density at radius 3 is 1.76 bits per heavy atom. The summed E-state index contributed by atoms with van der Waals surface area (Å²) < 4.78 is 17.0. The van der Waals surface area contributed by atoms with Crippen LogP contribution < -0.4 is 0 Å². The van der Waals surface area contributed by atoms with Crippen molar-refractivity contribution in [3.63, 3.8) is 0 Å². The molecule has 0 rings (SSSR count). The van der Waals surface area contributed by atoms with Gasteiger partial charge >= 0.3 is 7.82 Å². The fourth-order valence-corrected chi connectivity index (χ4v) is 3.98. The molecular weight excluding hydrogens is 287 g/mol. The molecule has 0 saturated carbocycles. The van der Waals surface area contributed by atoms with Crippen molar-refractivity contribution in [3.05, 3.63) is 0 Å². The van der Waals surface area contributed by atoms with Gasteiger partial charge in [-0.2, -0.15) is 0 Å². The van der Waals surface area contributed by atoms with Gasteiger partial charge in [0.05, 0.1) is 5.60 Å². The molecule has 1 unspecified atom stereocenters. The van der Waals surface area contributed by atoms with E-state index in [4.69, 9.17) is 4.52 Å². The third kappa shape index (κ3) is 8.35. The largest absolute Gasteiger partial charge is 0.470 e. The highest BCUT2D eigenvalue weighted by atomic mass is 31.2. The minimum atomic E-state index is -4.47. The SMILES string of the molecule is CCCCC(CC)C(CCCC)(CCCC)OP(=O)(O)O. The van der Waals surface area contributed by atoms with Gasteiger partial charge in [0, 0.05) is 0 Å². The number of rotatable bonds is 13. The molecule has 0 aliphatic carbocycles. The molecule has 0 saturated heterocycles. The fraction of sp³-hybridized carbons (Fsp3) is 1.00. The lowest BCUT2D eigenvalue weighted by Gasteiger charge is -2.41. The van der Waals surface area contributed by atoms with Crippen LogP contribution in [0.25, 0.3) is 0 Å². The van der Waals surface area contributed by atoms with Crippen molar-refractivity contribution >= 4 is 7.82 Å². The molecule has 4 nitrogen and oxygen atoms in total. The maximum absolute atomic E-state index is 11.5. The van der Waals surface area contributed by atoms with Crippen LogP contribution in [0, 0.1) is 5.92 Å². The van der Waals surface area contributed by atoms with E-state index in [0.717, 1.165) is 64.2 Å². The first-order valence-electron chi connectivity index (χ1n) is 8.61. The first-order chi connectivity index (χ1) is 9.85. The smallest absolute Gasteiger partial charge is 0.303 e. The van der Waals surface area contributed by atoms with E-state index in [0.29, 0.717) is 0 Å². The van der Waals surface area contributed by atoms with Gasteiger partial charge in [0.25, 0.3) is 0 Å². The monoisotopic (exact) mass is 322 g/mol. The maximum atomic E-state index is 11.5. The summed E-state index contributed by atoms with van der Waals surface area (Å²) >= 11 is 0. The summed E-state index contributed by atoms with van der Waals surface area (Å²) in [5.74, 6) is 0.225. The Bertz CT molecular complexity index is 293. The van der Waals surface area contributed by atoms with Gasteiger partial charge in [-0.05, 0) is 25.2 Å². The third-order valence-corrected chi connectivity index (χ3v) is 4.95. The van der Waals surface area contributed by atoms with Crippen molar-refractivity contribution in [3.8, 4) is 0 Å². The summed E-state index contributed by atoms with van der Waals surface area (Å²) in [5, 5.41) is 0. The minimum absolute atomic E-state index is 0.225. The number of phosphoric ester groups is 1. The fourth-order valence-electron chi connectivity index (χ4n) is 3.18. The van der Waals surface area contributed by atoms with Gasteiger partial charge in [-0.1, -0.05) is 72.6 Å². The van der Waals surface area contributed by atoms with Crippen LogP contribution in [-0.2, 0) is 9.09 Å². The summed E-state index contributed by atoms with van der Waals surface area (Å²) in [6.07, 6.45) is 9.51. The molecule has 0 bridgehead atoms. The van der Waals surface area contributed by atoms with Crippen molar-refractivity contribution in [1.82, 2.24) is 0 Å². The van der Waals surface area contributed by atoms with Gasteiger partial charge in [0.1, 0.15) is 0 Å². The summed E-state index contributed by atoms with van der Waals surface area (Å²) in [7, 11) is -4.47. The van der Waals surface area contributed by atoms with Gasteiger partial charge in [0.15, 0.2) is 0 Å². The number of hydrogen-bond donors (Lipinski definition) is 2. The molecule has 0 fully saturated rings. The zero-order valence-corrected chi connectivity index (χ0v) is 15.2. The molecule has 0 amide bonds. The van der Waals surface area contributed by atoms with Crippen molar-refractivity contribution < 1.29 is 18.9 Å². The average molecular weight is 322 g/mol. The van der Waals surface area contributed by atoms with Crippen LogP contribution in [0.15, 0.2) is 0 Å². The van der Waals surface area contributed by atoms with Crippen LogP contribution in [0.1, 0.15) is 91.9 Å². The van der Waals surface area contributed by atoms with Crippen LogP contribution >= 0.6 is 7.82 Å². The van der Waals surface area contributed by atoms with E-state index >= 15 is 0 Å². The Morgan fingerprint density at radius 2 is 1.43 bits per heavy atom. The Balaban J connectivity index is 5.31. The lowest BCUT2D eigenvalue weighted by Crippen LogP contribution is -2.40. The van der Waals surface area contributed by atoms with E-state index in [2.05, 4.69) is 27.7 Å². The second-order valence-electron chi connectivity index (χ2n) is 6.10. The van der Waals surface area contributed by atoms with E-state index in [1.807, 2.05) is 0 Å². The molecule has 1 atom stereocenters. The summed E-state index contributed by atoms with van der Waals surface area (Å²) in [4.78, 5) is 18.8. The second kappa shape index (κ2) is 10.8. The highest BCUT2D eigenvalue weighted by Crippen LogP contribution is 2.50. The summed E-state index contributed by atoms with van der Waals surface area (Å²) in [6.45, 7) is 8.47. The predicted octanol–water partition coefficient (Wildman–Crippen LogP) is 5.43. The van der Waals surface area contributed by atoms with Crippen LogP contribution in [-0.4, -0.2) is 15.4 Å². The molecule has 0 aliphatic heterocycles. The number of unbranched alkanes of at least 4 members (excludes halogenated alkanes) is 3. The molecule has 5 heteroatoms. The van der Waals surface area contributed by atoms with E-state index < -0.39 is 13.4 Å². The second-order valence-corrected chi connectivity index (χ2v) is 7.26. The molecule has 21 heavy (non-hydrogen) atoms. The average Bonchev–Trinajstić information content (AvgIpc) is 2.41. The standard InChI is InChI=1S/C16H35O4P/c1-5-9-12-15(8-4)16(13-10-6-2,14-11-7-3)20-21(17,18)19/h15H,5-14H2,1-4H3,(H2,17,18,19). The lowest BCUT2D eigenvalue weighted by atomic mass is 9.75. The van der Waals surface area contributed by atoms with Crippen LogP contribution in [0.5, 0.6) is 0 Å². The topological polar surface area (TPSA) is 66.8 Å². The Labute approximate surface area is 130 Å². The molecule has 0 aromatic carbocycles. The number of hydrogen-bond acceptors (Lipinski definition) is 2. The zero-order chi connectivity index (χ0) is 16.4. The molecule has 0 aliphatic rings. The Morgan fingerprint density at radius 1 is 0.952 bits per heavy atom.